The molecule has 0 spiro atoms. The molecule has 158 valence electrons. The highest BCUT2D eigenvalue weighted by Gasteiger charge is 2.72. The second-order valence-corrected chi connectivity index (χ2v) is 9.69. The molecule has 7 nitrogen and oxygen atoms in total. The average Bonchev–Trinajstić information content (AvgIpc) is 2.90. The minimum absolute atomic E-state index is 0.0650. The fourth-order valence-electron chi connectivity index (χ4n) is 7.28. The van der Waals surface area contributed by atoms with Crippen molar-refractivity contribution in [3.63, 3.8) is 0 Å². The number of allylic oxidation sites excluding steroid dienone is 4. The smallest absolute Gasteiger partial charge is 0.309 e. The molecule has 7 heteroatoms. The van der Waals surface area contributed by atoms with E-state index in [4.69, 9.17) is 0 Å². The molecule has 29 heavy (non-hydrogen) atoms. The molecule has 0 aromatic rings. The van der Waals surface area contributed by atoms with Gasteiger partial charge in [-0.3, -0.25) is 14.4 Å². The molecule has 0 heterocycles. The van der Waals surface area contributed by atoms with Crippen LogP contribution in [-0.4, -0.2) is 56.3 Å². The zero-order valence-electron chi connectivity index (χ0n) is 16.7. The van der Waals surface area contributed by atoms with E-state index in [0.717, 1.165) is 5.57 Å². The summed E-state index contributed by atoms with van der Waals surface area (Å²) in [6, 6.07) is 0. The second kappa shape index (κ2) is 6.33. The van der Waals surface area contributed by atoms with E-state index in [0.29, 0.717) is 12.8 Å². The third-order valence-electron chi connectivity index (χ3n) is 8.62. The van der Waals surface area contributed by atoms with E-state index in [2.05, 4.69) is 0 Å². The Balaban J connectivity index is 1.81. The number of aliphatic hydroxyl groups excluding tert-OH is 2. The van der Waals surface area contributed by atoms with Crippen LogP contribution < -0.4 is 0 Å². The molecule has 0 aromatic carbocycles. The van der Waals surface area contributed by atoms with Crippen LogP contribution in [0.5, 0.6) is 0 Å². The Morgan fingerprint density at radius 1 is 1.28 bits per heavy atom. The third-order valence-corrected chi connectivity index (χ3v) is 8.62. The lowest BCUT2D eigenvalue weighted by atomic mass is 9.46. The molecular formula is C22H28O7. The number of carbonyl (C=O) groups is 3. The number of carboxylic acids is 1. The Morgan fingerprint density at radius 3 is 2.59 bits per heavy atom. The van der Waals surface area contributed by atoms with Crippen LogP contribution in [0.4, 0.5) is 0 Å². The second-order valence-electron chi connectivity index (χ2n) is 9.69. The zero-order valence-corrected chi connectivity index (χ0v) is 16.7. The first-order chi connectivity index (χ1) is 13.5. The van der Waals surface area contributed by atoms with Gasteiger partial charge in [0.1, 0.15) is 12.2 Å². The summed E-state index contributed by atoms with van der Waals surface area (Å²) in [5, 5.41) is 41.9. The van der Waals surface area contributed by atoms with Gasteiger partial charge in [-0.25, -0.2) is 0 Å². The van der Waals surface area contributed by atoms with E-state index < -0.39 is 46.8 Å². The summed E-state index contributed by atoms with van der Waals surface area (Å²) >= 11 is 0. The summed E-state index contributed by atoms with van der Waals surface area (Å²) < 4.78 is 0. The first-order valence-corrected chi connectivity index (χ1v) is 10.2. The Morgan fingerprint density at radius 2 is 1.97 bits per heavy atom. The molecule has 0 aliphatic heterocycles. The minimum atomic E-state index is -2.22. The van der Waals surface area contributed by atoms with Gasteiger partial charge in [0.25, 0.3) is 0 Å². The van der Waals surface area contributed by atoms with Crippen molar-refractivity contribution in [2.24, 2.45) is 34.5 Å². The normalized spacial score (nSPS) is 48.4. The summed E-state index contributed by atoms with van der Waals surface area (Å²) in [5.74, 6) is -4.18. The van der Waals surface area contributed by atoms with Crippen molar-refractivity contribution in [3.05, 3.63) is 23.8 Å². The highest BCUT2D eigenvalue weighted by Crippen LogP contribution is 2.68. The van der Waals surface area contributed by atoms with Crippen LogP contribution in [0.3, 0.4) is 0 Å². The van der Waals surface area contributed by atoms with Crippen LogP contribution in [0.1, 0.15) is 39.5 Å². The van der Waals surface area contributed by atoms with Gasteiger partial charge >= 0.3 is 5.97 Å². The highest BCUT2D eigenvalue weighted by molar-refractivity contribution is 6.01. The van der Waals surface area contributed by atoms with Gasteiger partial charge in [-0.15, -0.1) is 0 Å². The molecule has 0 amide bonds. The molecular weight excluding hydrogens is 376 g/mol. The predicted molar refractivity (Wildman–Crippen MR) is 102 cm³/mol. The quantitative estimate of drug-likeness (QED) is 0.549. The summed E-state index contributed by atoms with van der Waals surface area (Å²) in [4.78, 5) is 36.4. The Kier molecular flexibility index (Phi) is 4.46. The van der Waals surface area contributed by atoms with Gasteiger partial charge < -0.3 is 20.4 Å². The van der Waals surface area contributed by atoms with Crippen molar-refractivity contribution in [1.82, 2.24) is 0 Å². The standard InChI is InChI=1S/C22H28O7/c1-20-6-5-12(24)7-11(20)3-4-13-14-8-15(19(27)28)22(29,17(26)10-23)21(14,2)9-16(25)18(13)20/h5-7,13-16,18,23,25,29H,3-4,8-10H2,1-2H3,(H,27,28)/t13-,14-,15?,16?,18+,20-,21-,22-/m0/s1. The zero-order chi connectivity index (χ0) is 21.4. The fourth-order valence-corrected chi connectivity index (χ4v) is 7.28. The van der Waals surface area contributed by atoms with Crippen molar-refractivity contribution in [3.8, 4) is 0 Å². The van der Waals surface area contributed by atoms with E-state index in [1.807, 2.05) is 13.0 Å². The maximum absolute atomic E-state index is 12.6. The van der Waals surface area contributed by atoms with E-state index in [1.54, 1.807) is 13.0 Å². The summed E-state index contributed by atoms with van der Waals surface area (Å²) in [7, 11) is 0. The summed E-state index contributed by atoms with van der Waals surface area (Å²) in [6.07, 6.45) is 5.62. The lowest BCUT2D eigenvalue weighted by Crippen LogP contribution is -2.63. The van der Waals surface area contributed by atoms with Gasteiger partial charge in [-0.05, 0) is 49.7 Å². The van der Waals surface area contributed by atoms with Crippen molar-refractivity contribution >= 4 is 17.5 Å². The molecule has 0 saturated heterocycles. The number of rotatable bonds is 3. The van der Waals surface area contributed by atoms with Gasteiger partial charge in [0.2, 0.25) is 0 Å². The third kappa shape index (κ3) is 2.44. The fraction of sp³-hybridized carbons (Fsp3) is 0.682. The molecule has 2 unspecified atom stereocenters. The largest absolute Gasteiger partial charge is 0.481 e. The molecule has 4 aliphatic carbocycles. The van der Waals surface area contributed by atoms with Crippen molar-refractivity contribution in [2.75, 3.05) is 6.61 Å². The SMILES string of the molecule is C[C@]12C=CC(=O)C=C1CC[C@@H]1[C@@H]2C(O)C[C@@]2(C)[C@H]1CC(C(=O)O)[C@]2(O)C(=O)CO. The monoisotopic (exact) mass is 404 g/mol. The number of carbonyl (C=O) groups excluding carboxylic acids is 2. The molecule has 3 saturated carbocycles. The Hall–Kier alpha value is -1.83. The first kappa shape index (κ1) is 20.4. The summed E-state index contributed by atoms with van der Waals surface area (Å²) in [6.45, 7) is 2.74. The lowest BCUT2D eigenvalue weighted by Gasteiger charge is -2.59. The minimum Gasteiger partial charge on any atom is -0.481 e. The maximum Gasteiger partial charge on any atom is 0.309 e. The van der Waals surface area contributed by atoms with Crippen molar-refractivity contribution in [1.29, 1.82) is 0 Å². The molecule has 4 aliphatic rings. The van der Waals surface area contributed by atoms with Crippen LogP contribution in [0.2, 0.25) is 0 Å². The van der Waals surface area contributed by atoms with Crippen LogP contribution in [0, 0.1) is 34.5 Å². The number of carboxylic acid groups (broad SMARTS) is 1. The molecule has 3 fully saturated rings. The Labute approximate surface area is 169 Å². The Bertz CT molecular complexity index is 844. The maximum atomic E-state index is 12.6. The predicted octanol–water partition coefficient (Wildman–Crippen LogP) is 0.868. The number of hydrogen-bond acceptors (Lipinski definition) is 6. The summed E-state index contributed by atoms with van der Waals surface area (Å²) in [5.41, 5.74) is -2.91. The van der Waals surface area contributed by atoms with Crippen LogP contribution in [0.15, 0.2) is 23.8 Å². The number of aliphatic carboxylic acids is 1. The topological polar surface area (TPSA) is 132 Å². The molecule has 0 bridgehead atoms. The first-order valence-electron chi connectivity index (χ1n) is 10.2. The van der Waals surface area contributed by atoms with Crippen LogP contribution in [-0.2, 0) is 14.4 Å². The van der Waals surface area contributed by atoms with E-state index in [9.17, 15) is 34.8 Å². The van der Waals surface area contributed by atoms with E-state index in [1.165, 1.54) is 6.08 Å². The van der Waals surface area contributed by atoms with Gasteiger partial charge in [0.15, 0.2) is 11.6 Å². The lowest BCUT2D eigenvalue weighted by molar-refractivity contribution is -0.189. The van der Waals surface area contributed by atoms with E-state index in [-0.39, 0.29) is 36.4 Å². The average molecular weight is 404 g/mol. The van der Waals surface area contributed by atoms with Gasteiger partial charge in [-0.2, -0.15) is 0 Å². The molecule has 0 aromatic heterocycles. The number of fused-ring (bicyclic) bond motifs is 5. The van der Waals surface area contributed by atoms with Crippen LogP contribution >= 0.6 is 0 Å². The molecule has 0 radical (unpaired) electrons. The van der Waals surface area contributed by atoms with Crippen LogP contribution in [0.25, 0.3) is 0 Å². The van der Waals surface area contributed by atoms with Gasteiger partial charge in [-0.1, -0.05) is 25.5 Å². The number of aliphatic hydroxyl groups is 3. The number of hydrogen-bond donors (Lipinski definition) is 4. The van der Waals surface area contributed by atoms with E-state index >= 15 is 0 Å². The van der Waals surface area contributed by atoms with Crippen molar-refractivity contribution in [2.45, 2.75) is 51.2 Å². The number of Topliss-reactive ketones (excluding diaryl/α,β-unsaturated/α-hetero) is 1. The molecule has 8 atom stereocenters. The van der Waals surface area contributed by atoms with Crippen molar-refractivity contribution < 1.29 is 34.8 Å². The highest BCUT2D eigenvalue weighted by atomic mass is 16.4. The molecule has 4 rings (SSSR count). The van der Waals surface area contributed by atoms with Gasteiger partial charge in [0.05, 0.1) is 12.0 Å². The number of ketones is 2. The van der Waals surface area contributed by atoms with Gasteiger partial charge in [0, 0.05) is 16.7 Å². The molecule has 4 N–H and O–H groups in total.